The highest BCUT2D eigenvalue weighted by Crippen LogP contribution is 2.33. The predicted molar refractivity (Wildman–Crippen MR) is 138 cm³/mol. The molecule has 0 spiro atoms. The van der Waals surface area contributed by atoms with E-state index in [9.17, 15) is 18.0 Å². The number of hydrogen-bond donors (Lipinski definition) is 1. The number of fused-ring (bicyclic) bond motifs is 1. The number of benzene rings is 2. The van der Waals surface area contributed by atoms with Gasteiger partial charge in [0.05, 0.1) is 16.3 Å². The van der Waals surface area contributed by atoms with Crippen molar-refractivity contribution in [3.05, 3.63) is 60.2 Å². The molecule has 4 rings (SSSR count). The van der Waals surface area contributed by atoms with Crippen LogP contribution in [0.3, 0.4) is 0 Å². The van der Waals surface area contributed by atoms with E-state index in [0.29, 0.717) is 48.7 Å². The Morgan fingerprint density at radius 3 is 2.31 bits per heavy atom. The fourth-order valence-corrected chi connectivity index (χ4v) is 6.25. The van der Waals surface area contributed by atoms with Crippen LogP contribution in [0.25, 0.3) is 5.70 Å². The van der Waals surface area contributed by atoms with Crippen LogP contribution in [0.1, 0.15) is 49.0 Å². The molecule has 9 heteroatoms. The molecule has 0 aromatic heterocycles. The molecule has 1 saturated heterocycles. The normalized spacial score (nSPS) is 16.3. The third-order valence-electron chi connectivity index (χ3n) is 6.64. The lowest BCUT2D eigenvalue weighted by Crippen LogP contribution is -2.36. The number of carbonyl (C=O) groups excluding carboxylic acids is 2. The zero-order valence-electron chi connectivity index (χ0n) is 20.3. The van der Waals surface area contributed by atoms with Gasteiger partial charge >= 0.3 is 0 Å². The Hall–Kier alpha value is -3.17. The van der Waals surface area contributed by atoms with Crippen LogP contribution in [0.4, 0.5) is 11.4 Å². The Morgan fingerprint density at radius 2 is 1.69 bits per heavy atom. The van der Waals surface area contributed by atoms with Crippen LogP contribution in [0.5, 0.6) is 0 Å². The Bertz CT molecular complexity index is 1210. The van der Waals surface area contributed by atoms with Gasteiger partial charge in [0.1, 0.15) is 6.54 Å². The van der Waals surface area contributed by atoms with Gasteiger partial charge in [0, 0.05) is 43.0 Å². The molecule has 0 aliphatic carbocycles. The number of sulfonamides is 1. The molecule has 2 aliphatic heterocycles. The summed E-state index contributed by atoms with van der Waals surface area (Å²) in [5.74, 6) is -0.695. The number of anilines is 2. The first-order valence-electron chi connectivity index (χ1n) is 12.1. The minimum Gasteiger partial charge on any atom is -0.370 e. The van der Waals surface area contributed by atoms with E-state index in [4.69, 9.17) is 0 Å². The molecule has 1 N–H and O–H groups in total. The van der Waals surface area contributed by atoms with Gasteiger partial charge in [-0.2, -0.15) is 4.31 Å². The van der Waals surface area contributed by atoms with Crippen LogP contribution >= 0.6 is 0 Å². The average Bonchev–Trinajstić information content (AvgIpc) is 3.11. The number of nitrogens with zero attached hydrogens (tertiary/aromatic N) is 3. The summed E-state index contributed by atoms with van der Waals surface area (Å²) in [7, 11) is -3.67. The van der Waals surface area contributed by atoms with Gasteiger partial charge in [-0.25, -0.2) is 8.42 Å². The molecule has 35 heavy (non-hydrogen) atoms. The first-order chi connectivity index (χ1) is 16.8. The minimum atomic E-state index is -3.67. The summed E-state index contributed by atoms with van der Waals surface area (Å²) in [5.41, 5.74) is 2.85. The molecular weight excluding hydrogens is 464 g/mol. The molecule has 2 heterocycles. The molecule has 0 saturated carbocycles. The molecule has 2 aliphatic rings. The third-order valence-corrected chi connectivity index (χ3v) is 8.53. The summed E-state index contributed by atoms with van der Waals surface area (Å²) in [4.78, 5) is 29.5. The molecule has 2 amide bonds. The van der Waals surface area contributed by atoms with Crippen molar-refractivity contribution < 1.29 is 18.0 Å². The molecule has 8 nitrogen and oxygen atoms in total. The highest BCUT2D eigenvalue weighted by atomic mass is 32.2. The van der Waals surface area contributed by atoms with Gasteiger partial charge < -0.3 is 10.2 Å². The Morgan fingerprint density at radius 1 is 1.03 bits per heavy atom. The van der Waals surface area contributed by atoms with Crippen LogP contribution < -0.4 is 10.2 Å². The van der Waals surface area contributed by atoms with Gasteiger partial charge in [-0.15, -0.1) is 0 Å². The SMILES string of the molecule is C=C1c2ccccc2C(=O)N1CC(=O)Nc1cc(S(=O)(=O)N2CCCCC2)ccc1N(CC)CC. The largest absolute Gasteiger partial charge is 0.370 e. The molecule has 0 atom stereocenters. The number of amides is 2. The van der Waals surface area contributed by atoms with E-state index in [0.717, 1.165) is 24.9 Å². The van der Waals surface area contributed by atoms with E-state index < -0.39 is 15.9 Å². The summed E-state index contributed by atoms with van der Waals surface area (Å²) < 4.78 is 28.1. The third kappa shape index (κ3) is 4.83. The lowest BCUT2D eigenvalue weighted by molar-refractivity contribution is -0.116. The second-order valence-electron chi connectivity index (χ2n) is 8.75. The first-order valence-corrected chi connectivity index (χ1v) is 13.5. The maximum absolute atomic E-state index is 13.3. The highest BCUT2D eigenvalue weighted by molar-refractivity contribution is 7.89. The van der Waals surface area contributed by atoms with Crippen molar-refractivity contribution in [2.24, 2.45) is 0 Å². The molecular formula is C26H32N4O4S. The molecule has 186 valence electrons. The van der Waals surface area contributed by atoms with Gasteiger partial charge in [0.25, 0.3) is 5.91 Å². The van der Waals surface area contributed by atoms with E-state index in [1.807, 2.05) is 24.8 Å². The van der Waals surface area contributed by atoms with Crippen LogP contribution in [-0.2, 0) is 14.8 Å². The van der Waals surface area contributed by atoms with E-state index in [-0.39, 0.29) is 17.3 Å². The lowest BCUT2D eigenvalue weighted by Gasteiger charge is -2.28. The van der Waals surface area contributed by atoms with Gasteiger partial charge in [-0.1, -0.05) is 31.2 Å². The molecule has 0 unspecified atom stereocenters. The second kappa shape index (κ2) is 10.2. The lowest BCUT2D eigenvalue weighted by atomic mass is 10.1. The fraction of sp³-hybridized carbons (Fsp3) is 0.385. The van der Waals surface area contributed by atoms with Gasteiger partial charge in [-0.05, 0) is 51.0 Å². The van der Waals surface area contributed by atoms with Crippen LogP contribution in [0.15, 0.2) is 53.9 Å². The summed E-state index contributed by atoms with van der Waals surface area (Å²) >= 11 is 0. The molecule has 2 aromatic carbocycles. The quantitative estimate of drug-likeness (QED) is 0.601. The van der Waals surface area contributed by atoms with Crippen LogP contribution in [-0.4, -0.2) is 62.2 Å². The zero-order chi connectivity index (χ0) is 25.2. The van der Waals surface area contributed by atoms with Gasteiger partial charge in [0.2, 0.25) is 15.9 Å². The van der Waals surface area contributed by atoms with Gasteiger partial charge in [0.15, 0.2) is 0 Å². The topological polar surface area (TPSA) is 90.0 Å². The molecule has 1 fully saturated rings. The standard InChI is InChI=1S/C26H32N4O4S/c1-4-28(5-2)24-14-13-20(35(33,34)29-15-9-6-10-16-29)17-23(24)27-25(31)18-30-19(3)21-11-7-8-12-22(21)26(30)32/h7-8,11-14,17H,3-6,9-10,15-16,18H2,1-2H3,(H,27,31). The Kier molecular flexibility index (Phi) is 7.28. The van der Waals surface area contributed by atoms with Crippen molar-refractivity contribution >= 4 is 38.9 Å². The van der Waals surface area contributed by atoms with Crippen molar-refractivity contribution in [2.45, 2.75) is 38.0 Å². The smallest absolute Gasteiger partial charge is 0.259 e. The maximum atomic E-state index is 13.3. The second-order valence-corrected chi connectivity index (χ2v) is 10.7. The first kappa shape index (κ1) is 24.9. The van der Waals surface area contributed by atoms with Crippen LogP contribution in [0.2, 0.25) is 0 Å². The number of piperidine rings is 1. The van der Waals surface area contributed by atoms with Gasteiger partial charge in [-0.3, -0.25) is 14.5 Å². The van der Waals surface area contributed by atoms with E-state index in [1.165, 1.54) is 15.3 Å². The monoisotopic (exact) mass is 496 g/mol. The molecule has 2 aromatic rings. The molecule has 0 bridgehead atoms. The van der Waals surface area contributed by atoms with Crippen molar-refractivity contribution in [3.63, 3.8) is 0 Å². The average molecular weight is 497 g/mol. The Balaban J connectivity index is 1.61. The number of rotatable bonds is 8. The maximum Gasteiger partial charge on any atom is 0.259 e. The van der Waals surface area contributed by atoms with Crippen molar-refractivity contribution in [1.82, 2.24) is 9.21 Å². The minimum absolute atomic E-state index is 0.152. The summed E-state index contributed by atoms with van der Waals surface area (Å²) in [6.07, 6.45) is 2.71. The predicted octanol–water partition coefficient (Wildman–Crippen LogP) is 3.77. The van der Waals surface area contributed by atoms with E-state index >= 15 is 0 Å². The zero-order valence-corrected chi connectivity index (χ0v) is 21.1. The Labute approximate surface area is 207 Å². The molecule has 0 radical (unpaired) electrons. The van der Waals surface area contributed by atoms with E-state index in [1.54, 1.807) is 30.3 Å². The van der Waals surface area contributed by atoms with Crippen molar-refractivity contribution in [2.75, 3.05) is 42.9 Å². The van der Waals surface area contributed by atoms with E-state index in [2.05, 4.69) is 11.9 Å². The van der Waals surface area contributed by atoms with Crippen molar-refractivity contribution in [3.8, 4) is 0 Å². The number of carbonyl (C=O) groups is 2. The summed E-state index contributed by atoms with van der Waals surface area (Å²) in [5, 5.41) is 2.87. The van der Waals surface area contributed by atoms with Crippen LogP contribution in [0, 0.1) is 0 Å². The summed E-state index contributed by atoms with van der Waals surface area (Å²) in [6.45, 7) is 10.2. The van der Waals surface area contributed by atoms with Crippen molar-refractivity contribution in [1.29, 1.82) is 0 Å². The highest BCUT2D eigenvalue weighted by Gasteiger charge is 2.32. The number of hydrogen-bond acceptors (Lipinski definition) is 5. The fourth-order valence-electron chi connectivity index (χ4n) is 4.71. The number of nitrogens with one attached hydrogen (secondary N) is 1. The summed E-state index contributed by atoms with van der Waals surface area (Å²) in [6, 6.07) is 12.0.